The molecule has 0 aromatic carbocycles. The molecule has 3 saturated heterocycles. The maximum atomic E-state index is 13.8. The smallest absolute Gasteiger partial charge is 0.254 e. The molecular formula is C32H37N5O4. The molecule has 4 aliphatic rings. The van der Waals surface area contributed by atoms with E-state index >= 15 is 0 Å². The zero-order chi connectivity index (χ0) is 27.8. The number of amides is 1. The number of carbonyl (C=O) groups excluding carboxylic acids is 1. The lowest BCUT2D eigenvalue weighted by Gasteiger charge is -2.25. The van der Waals surface area contributed by atoms with Crippen LogP contribution in [-0.4, -0.2) is 68.8 Å². The minimum atomic E-state index is 0.0953. The number of aryl methyl sites for hydroxylation is 1. The number of ether oxygens (including phenoxy) is 3. The topological polar surface area (TPSA) is 83.1 Å². The third-order valence-corrected chi connectivity index (χ3v) is 9.73. The summed E-state index contributed by atoms with van der Waals surface area (Å²) < 4.78 is 21.5. The van der Waals surface area contributed by atoms with Gasteiger partial charge in [-0.15, -0.1) is 0 Å². The van der Waals surface area contributed by atoms with Crippen LogP contribution in [0, 0.1) is 24.7 Å². The zero-order valence-electron chi connectivity index (χ0n) is 24.0. The van der Waals surface area contributed by atoms with Gasteiger partial charge in [0, 0.05) is 47.6 Å². The van der Waals surface area contributed by atoms with Crippen LogP contribution in [0.15, 0.2) is 30.3 Å². The van der Waals surface area contributed by atoms with Gasteiger partial charge >= 0.3 is 0 Å². The molecule has 4 aromatic heterocycles. The fourth-order valence-corrected chi connectivity index (χ4v) is 7.26. The second-order valence-electron chi connectivity index (χ2n) is 12.6. The molecule has 1 aliphatic carbocycles. The van der Waals surface area contributed by atoms with E-state index in [0.717, 1.165) is 72.8 Å². The molecule has 7 heterocycles. The van der Waals surface area contributed by atoms with Crippen LogP contribution in [0.1, 0.15) is 55.1 Å². The number of aromatic nitrogens is 4. The first-order valence-corrected chi connectivity index (χ1v) is 15.1. The second-order valence-corrected chi connectivity index (χ2v) is 12.6. The number of nitrogens with zero attached hydrogens (tertiary/aromatic N) is 5. The molecule has 1 amide bonds. The summed E-state index contributed by atoms with van der Waals surface area (Å²) in [6.45, 7) is 7.38. The molecule has 0 spiro atoms. The van der Waals surface area contributed by atoms with Crippen molar-refractivity contribution in [1.29, 1.82) is 0 Å². The predicted molar refractivity (Wildman–Crippen MR) is 154 cm³/mol. The summed E-state index contributed by atoms with van der Waals surface area (Å²) in [5.74, 6) is 3.02. The highest BCUT2D eigenvalue weighted by Crippen LogP contribution is 2.43. The van der Waals surface area contributed by atoms with Gasteiger partial charge in [-0.05, 0) is 69.1 Å². The van der Waals surface area contributed by atoms with Gasteiger partial charge in [0.2, 0.25) is 5.88 Å². The lowest BCUT2D eigenvalue weighted by molar-refractivity contribution is -0.0513. The van der Waals surface area contributed by atoms with Gasteiger partial charge in [-0.1, -0.05) is 6.92 Å². The quantitative estimate of drug-likeness (QED) is 0.300. The Labute approximate surface area is 239 Å². The second kappa shape index (κ2) is 9.48. The third-order valence-electron chi connectivity index (χ3n) is 9.73. The van der Waals surface area contributed by atoms with Crippen molar-refractivity contribution in [2.24, 2.45) is 17.8 Å². The van der Waals surface area contributed by atoms with Crippen LogP contribution in [0.2, 0.25) is 0 Å². The summed E-state index contributed by atoms with van der Waals surface area (Å²) in [7, 11) is 1.66. The molecule has 0 N–H and O–H groups in total. The molecule has 4 aromatic rings. The van der Waals surface area contributed by atoms with Crippen molar-refractivity contribution in [3.8, 4) is 23.1 Å². The normalized spacial score (nSPS) is 24.0. The van der Waals surface area contributed by atoms with Crippen molar-refractivity contribution in [3.05, 3.63) is 41.6 Å². The summed E-state index contributed by atoms with van der Waals surface area (Å²) >= 11 is 0. The largest absolute Gasteiger partial charge is 0.482 e. The van der Waals surface area contributed by atoms with E-state index in [4.69, 9.17) is 24.2 Å². The Hall–Kier alpha value is -3.59. The van der Waals surface area contributed by atoms with Crippen LogP contribution < -0.4 is 9.47 Å². The zero-order valence-corrected chi connectivity index (χ0v) is 24.0. The van der Waals surface area contributed by atoms with Gasteiger partial charge in [0.25, 0.3) is 5.91 Å². The van der Waals surface area contributed by atoms with Crippen molar-refractivity contribution < 1.29 is 19.0 Å². The molecular weight excluding hydrogens is 518 g/mol. The molecule has 1 saturated carbocycles. The summed E-state index contributed by atoms with van der Waals surface area (Å²) in [6, 6.07) is 10.7. The SMILES string of the molecule is COc1cc(C(=O)N2[C@H]3CC[C@@H]2[C@H](C)C3)cc2nc(-c3cc4ccc(OCC5COC5)nc4n3CC3CC3)c(C)n12. The molecule has 2 bridgehead atoms. The summed E-state index contributed by atoms with van der Waals surface area (Å²) in [5, 5.41) is 1.07. The van der Waals surface area contributed by atoms with Crippen LogP contribution in [0.3, 0.4) is 0 Å². The van der Waals surface area contributed by atoms with Crippen LogP contribution in [0.5, 0.6) is 11.8 Å². The minimum absolute atomic E-state index is 0.0953. The van der Waals surface area contributed by atoms with E-state index in [1.165, 1.54) is 12.8 Å². The van der Waals surface area contributed by atoms with E-state index in [1.807, 2.05) is 22.6 Å². The van der Waals surface area contributed by atoms with Gasteiger partial charge < -0.3 is 23.7 Å². The molecule has 8 rings (SSSR count). The van der Waals surface area contributed by atoms with Crippen LogP contribution in [0.4, 0.5) is 0 Å². The highest BCUT2D eigenvalue weighted by Gasteiger charge is 2.46. The Bertz CT molecular complexity index is 1670. The molecule has 4 fully saturated rings. The molecule has 41 heavy (non-hydrogen) atoms. The summed E-state index contributed by atoms with van der Waals surface area (Å²) in [6.07, 6.45) is 5.78. The standard InChI is InChI=1S/C32H37N5O4/c1-18-10-24-7-8-25(18)37(24)32(38)23-12-27-33-30(19(2)36(27)29(13-23)39-3)26-11-22-6-9-28(41-17-21-15-40-16-21)34-31(22)35(26)14-20-4-5-20/h6,9,11-13,18,20-21,24-25H,4-5,7-8,10,14-17H2,1-3H3/t18-,24+,25-/m1/s1. The maximum Gasteiger partial charge on any atom is 0.254 e. The fourth-order valence-electron chi connectivity index (χ4n) is 7.26. The van der Waals surface area contributed by atoms with Crippen LogP contribution in [-0.2, 0) is 11.3 Å². The average Bonchev–Trinajstić information content (AvgIpc) is 3.27. The Balaban J connectivity index is 1.20. The number of imidazole rings is 1. The van der Waals surface area contributed by atoms with Gasteiger partial charge in [-0.2, -0.15) is 4.98 Å². The average molecular weight is 556 g/mol. The third kappa shape index (κ3) is 4.11. The van der Waals surface area contributed by atoms with Crippen molar-refractivity contribution in [2.45, 2.75) is 64.6 Å². The fraction of sp³-hybridized carbons (Fsp3) is 0.531. The van der Waals surface area contributed by atoms with Gasteiger partial charge in [0.1, 0.15) is 17.0 Å². The highest BCUT2D eigenvalue weighted by molar-refractivity contribution is 5.96. The predicted octanol–water partition coefficient (Wildman–Crippen LogP) is 5.12. The van der Waals surface area contributed by atoms with Gasteiger partial charge in [0.15, 0.2) is 5.88 Å². The molecule has 0 unspecified atom stereocenters. The maximum absolute atomic E-state index is 13.8. The number of hydrogen-bond acceptors (Lipinski definition) is 6. The first-order chi connectivity index (χ1) is 20.0. The number of pyridine rings is 2. The van der Waals surface area contributed by atoms with E-state index in [0.29, 0.717) is 53.8 Å². The molecule has 3 aliphatic heterocycles. The van der Waals surface area contributed by atoms with E-state index in [9.17, 15) is 4.79 Å². The number of methoxy groups -OCH3 is 1. The van der Waals surface area contributed by atoms with Crippen molar-refractivity contribution in [3.63, 3.8) is 0 Å². The highest BCUT2D eigenvalue weighted by atomic mass is 16.5. The molecule has 214 valence electrons. The minimum Gasteiger partial charge on any atom is -0.482 e. The summed E-state index contributed by atoms with van der Waals surface area (Å²) in [5.41, 5.74) is 5.19. The Kier molecular flexibility index (Phi) is 5.81. The van der Waals surface area contributed by atoms with Gasteiger partial charge in [-0.3, -0.25) is 9.20 Å². The number of rotatable bonds is 8. The van der Waals surface area contributed by atoms with Crippen LogP contribution >= 0.6 is 0 Å². The first-order valence-electron chi connectivity index (χ1n) is 15.1. The molecule has 0 radical (unpaired) electrons. The van der Waals surface area contributed by atoms with Crippen LogP contribution in [0.25, 0.3) is 28.1 Å². The van der Waals surface area contributed by atoms with Crippen molar-refractivity contribution in [2.75, 3.05) is 26.9 Å². The number of carbonyl (C=O) groups is 1. The van der Waals surface area contributed by atoms with Gasteiger partial charge in [0.05, 0.1) is 38.3 Å². The Morgan fingerprint density at radius 2 is 1.93 bits per heavy atom. The lowest BCUT2D eigenvalue weighted by atomic mass is 9.91. The van der Waals surface area contributed by atoms with Crippen molar-refractivity contribution in [1.82, 2.24) is 23.8 Å². The molecule has 3 atom stereocenters. The van der Waals surface area contributed by atoms with Crippen molar-refractivity contribution >= 4 is 22.6 Å². The van der Waals surface area contributed by atoms with Gasteiger partial charge in [-0.25, -0.2) is 4.98 Å². The van der Waals surface area contributed by atoms with E-state index in [1.54, 1.807) is 7.11 Å². The number of fused-ring (bicyclic) bond motifs is 4. The Morgan fingerprint density at radius 1 is 1.07 bits per heavy atom. The Morgan fingerprint density at radius 3 is 2.61 bits per heavy atom. The van der Waals surface area contributed by atoms with E-state index in [-0.39, 0.29) is 5.91 Å². The molecule has 9 heteroatoms. The first kappa shape index (κ1) is 25.1. The summed E-state index contributed by atoms with van der Waals surface area (Å²) in [4.78, 5) is 26.0. The lowest BCUT2D eigenvalue weighted by Crippen LogP contribution is -2.36. The number of hydrogen-bond donors (Lipinski definition) is 0. The monoisotopic (exact) mass is 555 g/mol. The molecule has 9 nitrogen and oxygen atoms in total. The van der Waals surface area contributed by atoms with E-state index < -0.39 is 0 Å². The van der Waals surface area contributed by atoms with E-state index in [2.05, 4.69) is 35.4 Å².